The molecule has 22 heavy (non-hydrogen) atoms. The summed E-state index contributed by atoms with van der Waals surface area (Å²) in [4.78, 5) is 6.73. The SMILES string of the molecule is CN(CCN)c1cc(-c2ccccc2Cl)nc2c(Br)cnn12. The van der Waals surface area contributed by atoms with Crippen LogP contribution >= 0.6 is 27.5 Å². The van der Waals surface area contributed by atoms with E-state index in [2.05, 4.69) is 30.9 Å². The van der Waals surface area contributed by atoms with Gasteiger partial charge >= 0.3 is 0 Å². The topological polar surface area (TPSA) is 59.5 Å². The number of aromatic nitrogens is 3. The van der Waals surface area contributed by atoms with Crippen molar-refractivity contribution in [3.8, 4) is 11.3 Å². The molecule has 3 aromatic rings. The third kappa shape index (κ3) is 2.69. The summed E-state index contributed by atoms with van der Waals surface area (Å²) in [7, 11) is 1.98. The summed E-state index contributed by atoms with van der Waals surface area (Å²) >= 11 is 9.80. The van der Waals surface area contributed by atoms with Crippen LogP contribution in [0, 0.1) is 0 Å². The summed E-state index contributed by atoms with van der Waals surface area (Å²) in [6, 6.07) is 9.64. The Morgan fingerprint density at radius 1 is 1.36 bits per heavy atom. The van der Waals surface area contributed by atoms with Gasteiger partial charge in [-0.2, -0.15) is 9.61 Å². The van der Waals surface area contributed by atoms with E-state index in [0.29, 0.717) is 11.6 Å². The van der Waals surface area contributed by atoms with Crippen LogP contribution in [0.3, 0.4) is 0 Å². The molecule has 0 fully saturated rings. The van der Waals surface area contributed by atoms with Crippen molar-refractivity contribution in [1.29, 1.82) is 0 Å². The first-order valence-electron chi connectivity index (χ1n) is 6.82. The lowest BCUT2D eigenvalue weighted by atomic mass is 10.1. The molecule has 1 aromatic carbocycles. The van der Waals surface area contributed by atoms with Crippen LogP contribution in [0.5, 0.6) is 0 Å². The van der Waals surface area contributed by atoms with Crippen molar-refractivity contribution in [2.24, 2.45) is 5.73 Å². The highest BCUT2D eigenvalue weighted by atomic mass is 79.9. The van der Waals surface area contributed by atoms with Gasteiger partial charge in [0, 0.05) is 36.8 Å². The van der Waals surface area contributed by atoms with Gasteiger partial charge in [0.2, 0.25) is 0 Å². The summed E-state index contributed by atoms with van der Waals surface area (Å²) in [5.41, 5.74) is 8.11. The van der Waals surface area contributed by atoms with Gasteiger partial charge < -0.3 is 10.6 Å². The van der Waals surface area contributed by atoms with E-state index in [0.717, 1.165) is 33.7 Å². The zero-order valence-electron chi connectivity index (χ0n) is 12.0. The monoisotopic (exact) mass is 379 g/mol. The van der Waals surface area contributed by atoms with E-state index in [1.54, 1.807) is 10.7 Å². The third-order valence-electron chi connectivity index (χ3n) is 3.42. The van der Waals surface area contributed by atoms with E-state index in [4.69, 9.17) is 17.3 Å². The number of rotatable bonds is 4. The molecule has 3 rings (SSSR count). The number of hydrogen-bond donors (Lipinski definition) is 1. The molecule has 0 saturated carbocycles. The Labute approximate surface area is 141 Å². The summed E-state index contributed by atoms with van der Waals surface area (Å²) < 4.78 is 2.63. The van der Waals surface area contributed by atoms with Crippen LogP contribution in [-0.4, -0.2) is 34.7 Å². The van der Waals surface area contributed by atoms with E-state index in [1.807, 2.05) is 37.4 Å². The number of hydrogen-bond acceptors (Lipinski definition) is 4. The van der Waals surface area contributed by atoms with Crippen molar-refractivity contribution in [2.75, 3.05) is 25.0 Å². The molecule has 0 radical (unpaired) electrons. The Balaban J connectivity index is 2.24. The average Bonchev–Trinajstić information content (AvgIpc) is 2.88. The second-order valence-corrected chi connectivity index (χ2v) is 6.18. The molecular formula is C15H15BrClN5. The van der Waals surface area contributed by atoms with Crippen molar-refractivity contribution in [2.45, 2.75) is 0 Å². The fourth-order valence-corrected chi connectivity index (χ4v) is 2.89. The first-order chi connectivity index (χ1) is 10.6. The molecule has 0 bridgehead atoms. The maximum absolute atomic E-state index is 6.31. The lowest BCUT2D eigenvalue weighted by molar-refractivity contribution is 0.822. The van der Waals surface area contributed by atoms with Gasteiger partial charge in [0.25, 0.3) is 0 Å². The van der Waals surface area contributed by atoms with E-state index >= 15 is 0 Å². The van der Waals surface area contributed by atoms with Crippen molar-refractivity contribution in [3.63, 3.8) is 0 Å². The zero-order chi connectivity index (χ0) is 15.7. The molecular weight excluding hydrogens is 366 g/mol. The summed E-state index contributed by atoms with van der Waals surface area (Å²) in [5, 5.41) is 5.04. The number of halogens is 2. The standard InChI is InChI=1S/C15H15BrClN5/c1-21(7-6-18)14-8-13(10-4-2-3-5-12(10)17)20-15-11(16)9-19-22(14)15/h2-5,8-9H,6-7,18H2,1H3. The normalized spacial score (nSPS) is 11.1. The highest BCUT2D eigenvalue weighted by Crippen LogP contribution is 2.31. The van der Waals surface area contributed by atoms with Gasteiger partial charge in [-0.3, -0.25) is 0 Å². The number of fused-ring (bicyclic) bond motifs is 1. The van der Waals surface area contributed by atoms with Crippen LogP contribution in [0.1, 0.15) is 0 Å². The molecule has 7 heteroatoms. The van der Waals surface area contributed by atoms with E-state index in [1.165, 1.54) is 0 Å². The van der Waals surface area contributed by atoms with E-state index in [-0.39, 0.29) is 0 Å². The Hall–Kier alpha value is -1.63. The first-order valence-corrected chi connectivity index (χ1v) is 7.99. The average molecular weight is 381 g/mol. The lowest BCUT2D eigenvalue weighted by Crippen LogP contribution is -2.27. The predicted octanol–water partition coefficient (Wildman–Crippen LogP) is 3.21. The maximum atomic E-state index is 6.31. The first kappa shape index (κ1) is 15.3. The molecule has 2 aromatic heterocycles. The van der Waals surface area contributed by atoms with E-state index < -0.39 is 0 Å². The molecule has 2 N–H and O–H groups in total. The maximum Gasteiger partial charge on any atom is 0.172 e. The smallest absolute Gasteiger partial charge is 0.172 e. The Kier molecular flexibility index (Phi) is 4.33. The zero-order valence-corrected chi connectivity index (χ0v) is 14.3. The molecule has 0 spiro atoms. The highest BCUT2D eigenvalue weighted by molar-refractivity contribution is 9.10. The van der Waals surface area contributed by atoms with Crippen molar-refractivity contribution >= 4 is 39.0 Å². The Bertz CT molecular complexity index is 817. The van der Waals surface area contributed by atoms with Crippen LogP contribution in [0.25, 0.3) is 16.9 Å². The fourth-order valence-electron chi connectivity index (χ4n) is 2.31. The van der Waals surface area contributed by atoms with Crippen LogP contribution < -0.4 is 10.6 Å². The largest absolute Gasteiger partial charge is 0.358 e. The van der Waals surface area contributed by atoms with Crippen LogP contribution in [0.4, 0.5) is 5.82 Å². The molecule has 0 unspecified atom stereocenters. The Morgan fingerprint density at radius 2 is 2.14 bits per heavy atom. The van der Waals surface area contributed by atoms with Gasteiger partial charge in [-0.05, 0) is 22.0 Å². The van der Waals surface area contributed by atoms with Gasteiger partial charge in [0.15, 0.2) is 5.65 Å². The predicted molar refractivity (Wildman–Crippen MR) is 93.5 cm³/mol. The number of benzene rings is 1. The molecule has 5 nitrogen and oxygen atoms in total. The van der Waals surface area contributed by atoms with Crippen LogP contribution in [0.15, 0.2) is 41.0 Å². The minimum Gasteiger partial charge on any atom is -0.358 e. The molecule has 0 aliphatic rings. The number of nitrogens with zero attached hydrogens (tertiary/aromatic N) is 4. The van der Waals surface area contributed by atoms with Gasteiger partial charge in [-0.15, -0.1) is 0 Å². The molecule has 0 saturated heterocycles. The van der Waals surface area contributed by atoms with E-state index in [9.17, 15) is 0 Å². The molecule has 114 valence electrons. The summed E-state index contributed by atoms with van der Waals surface area (Å²) in [6.07, 6.45) is 1.73. The highest BCUT2D eigenvalue weighted by Gasteiger charge is 2.15. The second-order valence-electron chi connectivity index (χ2n) is 4.92. The molecule has 2 heterocycles. The molecule has 0 atom stereocenters. The summed E-state index contributed by atoms with van der Waals surface area (Å²) in [5.74, 6) is 0.913. The van der Waals surface area contributed by atoms with Gasteiger partial charge in [0.1, 0.15) is 5.82 Å². The van der Waals surface area contributed by atoms with Gasteiger partial charge in [-0.1, -0.05) is 29.8 Å². The van der Waals surface area contributed by atoms with Crippen molar-refractivity contribution in [3.05, 3.63) is 46.0 Å². The van der Waals surface area contributed by atoms with Crippen molar-refractivity contribution < 1.29 is 0 Å². The van der Waals surface area contributed by atoms with Gasteiger partial charge in [0.05, 0.1) is 16.4 Å². The lowest BCUT2D eigenvalue weighted by Gasteiger charge is -2.20. The minimum absolute atomic E-state index is 0.560. The molecule has 0 amide bonds. The van der Waals surface area contributed by atoms with Gasteiger partial charge in [-0.25, -0.2) is 4.98 Å². The minimum atomic E-state index is 0.560. The summed E-state index contributed by atoms with van der Waals surface area (Å²) in [6.45, 7) is 1.28. The Morgan fingerprint density at radius 3 is 2.86 bits per heavy atom. The van der Waals surface area contributed by atoms with Crippen LogP contribution in [-0.2, 0) is 0 Å². The second kappa shape index (κ2) is 6.24. The van der Waals surface area contributed by atoms with Crippen LogP contribution in [0.2, 0.25) is 5.02 Å². The quantitative estimate of drug-likeness (QED) is 0.755. The number of anilines is 1. The van der Waals surface area contributed by atoms with Crippen molar-refractivity contribution in [1.82, 2.24) is 14.6 Å². The number of nitrogens with two attached hydrogens (primary N) is 1. The molecule has 0 aliphatic heterocycles. The fraction of sp³-hybridized carbons (Fsp3) is 0.200. The number of likely N-dealkylation sites (N-methyl/N-ethyl adjacent to an activating group) is 1. The molecule has 0 aliphatic carbocycles. The third-order valence-corrected chi connectivity index (χ3v) is 4.30.